The smallest absolute Gasteiger partial charge is 0.199 e. The molecule has 1 aliphatic heterocycles. The van der Waals surface area contributed by atoms with Crippen LogP contribution in [0.4, 0.5) is 5.69 Å². The van der Waals surface area contributed by atoms with Crippen LogP contribution in [0.15, 0.2) is 72.8 Å². The Kier molecular flexibility index (Phi) is 6.10. The van der Waals surface area contributed by atoms with Crippen molar-refractivity contribution in [1.29, 1.82) is 5.26 Å². The summed E-state index contributed by atoms with van der Waals surface area (Å²) >= 11 is -1.23. The molecule has 3 aromatic carbocycles. The molecule has 1 fully saturated rings. The Morgan fingerprint density at radius 1 is 1.03 bits per heavy atom. The van der Waals surface area contributed by atoms with Crippen LogP contribution in [0.3, 0.4) is 0 Å². The number of aryl methyl sites for hydroxylation is 1. The van der Waals surface area contributed by atoms with Crippen molar-refractivity contribution >= 4 is 27.8 Å². The van der Waals surface area contributed by atoms with E-state index in [9.17, 15) is 9.47 Å². The number of hydrogen-bond acceptors (Lipinski definition) is 3. The van der Waals surface area contributed by atoms with Crippen LogP contribution in [0.1, 0.15) is 18.1 Å². The molecular formula is C27H26N4O2S. The normalized spacial score (nSPS) is 16.1. The predicted octanol–water partition coefficient (Wildman–Crippen LogP) is 5.11. The van der Waals surface area contributed by atoms with Gasteiger partial charge in [0.05, 0.1) is 29.6 Å². The van der Waals surface area contributed by atoms with Gasteiger partial charge in [-0.15, -0.1) is 0 Å². The van der Waals surface area contributed by atoms with Crippen molar-refractivity contribution in [3.05, 3.63) is 83.9 Å². The van der Waals surface area contributed by atoms with Crippen LogP contribution < -0.4 is 9.04 Å². The summed E-state index contributed by atoms with van der Waals surface area (Å²) in [5.74, 6) is 0.766. The first kappa shape index (κ1) is 22.2. The Labute approximate surface area is 202 Å². The zero-order valence-corrected chi connectivity index (χ0v) is 20.1. The van der Waals surface area contributed by atoms with E-state index < -0.39 is 11.2 Å². The van der Waals surface area contributed by atoms with Crippen molar-refractivity contribution in [1.82, 2.24) is 8.87 Å². The Morgan fingerprint density at radius 2 is 1.79 bits per heavy atom. The molecule has 0 aliphatic carbocycles. The first-order valence-electron chi connectivity index (χ1n) is 11.3. The highest BCUT2D eigenvalue weighted by molar-refractivity contribution is 7.84. The lowest BCUT2D eigenvalue weighted by Gasteiger charge is -2.19. The number of benzene rings is 3. The Balaban J connectivity index is 1.45. The molecule has 1 atom stereocenters. The summed E-state index contributed by atoms with van der Waals surface area (Å²) in [7, 11) is 1.65. The number of anilines is 1. The summed E-state index contributed by atoms with van der Waals surface area (Å²) in [5, 5.41) is 10.9. The summed E-state index contributed by atoms with van der Waals surface area (Å²) in [6.45, 7) is 4.91. The van der Waals surface area contributed by atoms with Crippen molar-refractivity contribution in [2.45, 2.75) is 20.0 Å². The fourth-order valence-electron chi connectivity index (χ4n) is 4.62. The van der Waals surface area contributed by atoms with Gasteiger partial charge in [0.15, 0.2) is 11.2 Å². The van der Waals surface area contributed by atoms with E-state index in [4.69, 9.17) is 4.74 Å². The van der Waals surface area contributed by atoms with Crippen molar-refractivity contribution in [2.24, 2.45) is 0 Å². The topological polar surface area (TPSA) is 61.5 Å². The highest BCUT2D eigenvalue weighted by atomic mass is 32.2. The van der Waals surface area contributed by atoms with Crippen molar-refractivity contribution in [3.63, 3.8) is 0 Å². The molecule has 0 spiro atoms. The lowest BCUT2D eigenvalue weighted by atomic mass is 10.1. The molecule has 4 aromatic rings. The SMILES string of the molecule is CCn1c(-c2ccc(N3CCN(Cc4ccccc4)S3=O)cc2)c(C#N)c2ccc(OC)cc21. The third kappa shape index (κ3) is 3.85. The molecule has 1 aromatic heterocycles. The Bertz CT molecular complexity index is 1390. The van der Waals surface area contributed by atoms with Gasteiger partial charge in [-0.05, 0) is 42.3 Å². The van der Waals surface area contributed by atoms with Crippen LogP contribution in [0, 0.1) is 11.3 Å². The van der Waals surface area contributed by atoms with Gasteiger partial charge < -0.3 is 9.30 Å². The van der Waals surface area contributed by atoms with Gasteiger partial charge in [-0.25, -0.2) is 8.51 Å². The minimum atomic E-state index is -1.23. The van der Waals surface area contributed by atoms with Crippen LogP contribution in [-0.2, 0) is 24.3 Å². The number of nitriles is 1. The lowest BCUT2D eigenvalue weighted by molar-refractivity contribution is 0.415. The molecule has 7 heteroatoms. The maximum absolute atomic E-state index is 13.1. The monoisotopic (exact) mass is 470 g/mol. The lowest BCUT2D eigenvalue weighted by Crippen LogP contribution is -2.26. The molecule has 5 rings (SSSR count). The standard InChI is InChI=1S/C27H26N4O2S/c1-3-30-26-17-23(33-2)13-14-24(26)25(18-28)27(30)21-9-11-22(12-10-21)31-16-15-29(34(31)32)19-20-7-5-4-6-8-20/h4-14,17H,3,15-16,19H2,1-2H3. The molecule has 172 valence electrons. The van der Waals surface area contributed by atoms with Gasteiger partial charge in [0.25, 0.3) is 0 Å². The number of nitrogens with zero attached hydrogens (tertiary/aromatic N) is 4. The second-order valence-electron chi connectivity index (χ2n) is 8.19. The summed E-state index contributed by atoms with van der Waals surface area (Å²) in [6, 6.07) is 26.4. The van der Waals surface area contributed by atoms with E-state index in [-0.39, 0.29) is 0 Å². The zero-order chi connectivity index (χ0) is 23.7. The van der Waals surface area contributed by atoms with Crippen molar-refractivity contribution < 1.29 is 8.95 Å². The number of rotatable bonds is 6. The third-order valence-electron chi connectivity index (χ3n) is 6.29. The van der Waals surface area contributed by atoms with Gasteiger partial charge in [-0.3, -0.25) is 4.31 Å². The number of hydrogen-bond donors (Lipinski definition) is 0. The number of fused-ring (bicyclic) bond motifs is 1. The van der Waals surface area contributed by atoms with E-state index in [0.717, 1.165) is 52.3 Å². The van der Waals surface area contributed by atoms with Crippen LogP contribution in [0.25, 0.3) is 22.2 Å². The molecule has 1 unspecified atom stereocenters. The van der Waals surface area contributed by atoms with Gasteiger partial charge >= 0.3 is 0 Å². The first-order valence-corrected chi connectivity index (χ1v) is 12.4. The van der Waals surface area contributed by atoms with E-state index in [1.54, 1.807) is 7.11 Å². The molecule has 34 heavy (non-hydrogen) atoms. The molecule has 1 saturated heterocycles. The fourth-order valence-corrected chi connectivity index (χ4v) is 5.94. The van der Waals surface area contributed by atoms with E-state index in [1.807, 2.05) is 69.3 Å². The van der Waals surface area contributed by atoms with Crippen LogP contribution in [0.2, 0.25) is 0 Å². The van der Waals surface area contributed by atoms with Crippen molar-refractivity contribution in [3.8, 4) is 23.1 Å². The predicted molar refractivity (Wildman–Crippen MR) is 137 cm³/mol. The van der Waals surface area contributed by atoms with E-state index in [1.165, 1.54) is 0 Å². The fraction of sp³-hybridized carbons (Fsp3) is 0.222. The molecule has 0 amide bonds. The van der Waals surface area contributed by atoms with Crippen molar-refractivity contribution in [2.75, 3.05) is 24.5 Å². The molecular weight excluding hydrogens is 444 g/mol. The minimum Gasteiger partial charge on any atom is -0.497 e. The number of ether oxygens (including phenoxy) is 1. The molecule has 1 aliphatic rings. The summed E-state index contributed by atoms with van der Waals surface area (Å²) in [5.41, 5.74) is 5.57. The van der Waals surface area contributed by atoms with Gasteiger partial charge in [-0.1, -0.05) is 42.5 Å². The van der Waals surface area contributed by atoms with Crippen LogP contribution in [-0.4, -0.2) is 33.3 Å². The van der Waals surface area contributed by atoms with Crippen LogP contribution >= 0.6 is 0 Å². The van der Waals surface area contributed by atoms with E-state index in [2.05, 4.69) is 29.7 Å². The average molecular weight is 471 g/mol. The average Bonchev–Trinajstić information content (AvgIpc) is 3.41. The first-order chi connectivity index (χ1) is 16.6. The van der Waals surface area contributed by atoms with Gasteiger partial charge in [0.1, 0.15) is 11.8 Å². The summed E-state index contributed by atoms with van der Waals surface area (Å²) in [4.78, 5) is 0. The van der Waals surface area contributed by atoms with E-state index in [0.29, 0.717) is 18.7 Å². The second-order valence-corrected chi connectivity index (χ2v) is 9.61. The molecule has 0 bridgehead atoms. The molecule has 0 N–H and O–H groups in total. The largest absolute Gasteiger partial charge is 0.497 e. The second kappa shape index (κ2) is 9.34. The molecule has 6 nitrogen and oxygen atoms in total. The molecule has 0 radical (unpaired) electrons. The van der Waals surface area contributed by atoms with Crippen LogP contribution in [0.5, 0.6) is 5.75 Å². The quantitative estimate of drug-likeness (QED) is 0.393. The van der Waals surface area contributed by atoms with Gasteiger partial charge in [-0.2, -0.15) is 5.26 Å². The zero-order valence-electron chi connectivity index (χ0n) is 19.3. The Hall–Kier alpha value is -3.60. The number of aromatic nitrogens is 1. The maximum atomic E-state index is 13.1. The molecule has 2 heterocycles. The molecule has 0 saturated carbocycles. The highest BCUT2D eigenvalue weighted by Crippen LogP contribution is 2.36. The summed E-state index contributed by atoms with van der Waals surface area (Å²) in [6.07, 6.45) is 0. The summed E-state index contributed by atoms with van der Waals surface area (Å²) < 4.78 is 24.6. The maximum Gasteiger partial charge on any atom is 0.199 e. The van der Waals surface area contributed by atoms with Gasteiger partial charge in [0, 0.05) is 37.6 Å². The highest BCUT2D eigenvalue weighted by Gasteiger charge is 2.29. The minimum absolute atomic E-state index is 0.658. The Morgan fingerprint density at radius 3 is 2.47 bits per heavy atom. The van der Waals surface area contributed by atoms with Gasteiger partial charge in [0.2, 0.25) is 0 Å². The third-order valence-corrected chi connectivity index (χ3v) is 7.82. The number of methoxy groups -OCH3 is 1. The van der Waals surface area contributed by atoms with E-state index >= 15 is 0 Å².